The van der Waals surface area contributed by atoms with Gasteiger partial charge < -0.3 is 19.9 Å². The van der Waals surface area contributed by atoms with Gasteiger partial charge >= 0.3 is 0 Å². The van der Waals surface area contributed by atoms with Crippen LogP contribution in [0.4, 0.5) is 0 Å². The molecule has 8 heteroatoms. The smallest absolute Gasteiger partial charge is 0.223 e. The van der Waals surface area contributed by atoms with E-state index in [9.17, 15) is 0 Å². The number of hydrogen-bond donors (Lipinski definition) is 2. The minimum absolute atomic E-state index is 0. The molecule has 0 bridgehead atoms. The molecule has 0 aromatic carbocycles. The van der Waals surface area contributed by atoms with Crippen LogP contribution in [0.15, 0.2) is 9.52 Å². The predicted molar refractivity (Wildman–Crippen MR) is 105 cm³/mol. The zero-order valence-electron chi connectivity index (χ0n) is 14.7. The Labute approximate surface area is 161 Å². The number of nitrogens with zero attached hydrogens (tertiary/aromatic N) is 3. The number of guanidine groups is 1. The van der Waals surface area contributed by atoms with Crippen molar-refractivity contribution in [1.82, 2.24) is 20.8 Å². The summed E-state index contributed by atoms with van der Waals surface area (Å²) in [5, 5.41) is 10.3. The van der Waals surface area contributed by atoms with Crippen LogP contribution < -0.4 is 10.6 Å². The second kappa shape index (κ2) is 12.5. The summed E-state index contributed by atoms with van der Waals surface area (Å²) in [6.07, 6.45) is 8.13. The van der Waals surface area contributed by atoms with E-state index in [-0.39, 0.29) is 24.0 Å². The monoisotopic (exact) mass is 451 g/mol. The van der Waals surface area contributed by atoms with Gasteiger partial charge in [-0.15, -0.1) is 24.0 Å². The Morgan fingerprint density at radius 2 is 2.00 bits per heavy atom. The van der Waals surface area contributed by atoms with Crippen molar-refractivity contribution in [2.24, 2.45) is 4.99 Å². The lowest BCUT2D eigenvalue weighted by Crippen LogP contribution is -2.39. The number of halogens is 1. The SMILES string of the molecule is CCNC(=NCc1noc(C)n1)NCCOC1CCCCCC1.I. The number of aromatic nitrogens is 2. The number of aliphatic imine (C=N–C) groups is 1. The Morgan fingerprint density at radius 1 is 1.25 bits per heavy atom. The van der Waals surface area contributed by atoms with Gasteiger partial charge in [0.2, 0.25) is 5.89 Å². The lowest BCUT2D eigenvalue weighted by molar-refractivity contribution is 0.0468. The average molecular weight is 451 g/mol. The number of ether oxygens (including phenoxy) is 1. The molecule has 1 saturated carbocycles. The van der Waals surface area contributed by atoms with Gasteiger partial charge in [-0.2, -0.15) is 4.98 Å². The van der Waals surface area contributed by atoms with Crippen molar-refractivity contribution < 1.29 is 9.26 Å². The maximum atomic E-state index is 5.97. The third-order valence-electron chi connectivity index (χ3n) is 3.84. The summed E-state index contributed by atoms with van der Waals surface area (Å²) in [5.74, 6) is 1.90. The molecule has 1 heterocycles. The maximum Gasteiger partial charge on any atom is 0.223 e. The van der Waals surface area contributed by atoms with Crippen LogP contribution in [0.5, 0.6) is 0 Å². The van der Waals surface area contributed by atoms with Crippen molar-refractivity contribution in [3.8, 4) is 0 Å². The van der Waals surface area contributed by atoms with E-state index < -0.39 is 0 Å². The second-order valence-electron chi connectivity index (χ2n) is 5.84. The van der Waals surface area contributed by atoms with E-state index in [0.29, 0.717) is 31.0 Å². The van der Waals surface area contributed by atoms with Gasteiger partial charge in [0.1, 0.15) is 6.54 Å². The van der Waals surface area contributed by atoms with Crippen molar-refractivity contribution in [1.29, 1.82) is 0 Å². The highest BCUT2D eigenvalue weighted by Crippen LogP contribution is 2.19. The Bertz CT molecular complexity index is 473. The number of aryl methyl sites for hydroxylation is 1. The molecule has 1 aromatic rings. The molecule has 2 N–H and O–H groups in total. The van der Waals surface area contributed by atoms with Gasteiger partial charge in [0.25, 0.3) is 0 Å². The fourth-order valence-corrected chi connectivity index (χ4v) is 2.70. The molecule has 24 heavy (non-hydrogen) atoms. The van der Waals surface area contributed by atoms with Crippen LogP contribution in [0.25, 0.3) is 0 Å². The first-order chi connectivity index (χ1) is 11.3. The molecule has 1 aliphatic carbocycles. The van der Waals surface area contributed by atoms with E-state index in [4.69, 9.17) is 9.26 Å². The zero-order valence-corrected chi connectivity index (χ0v) is 17.0. The molecule has 1 fully saturated rings. The summed E-state index contributed by atoms with van der Waals surface area (Å²) in [5.41, 5.74) is 0. The molecule has 2 rings (SSSR count). The summed E-state index contributed by atoms with van der Waals surface area (Å²) in [6, 6.07) is 0. The standard InChI is InChI=1S/C16H29N5O2.HI/c1-3-17-16(19-12-15-20-13(2)23-21-15)18-10-11-22-14-8-6-4-5-7-9-14;/h14H,3-12H2,1-2H3,(H2,17,18,19);1H. The highest BCUT2D eigenvalue weighted by Gasteiger charge is 2.12. The van der Waals surface area contributed by atoms with E-state index in [1.54, 1.807) is 6.92 Å². The summed E-state index contributed by atoms with van der Waals surface area (Å²) >= 11 is 0. The minimum atomic E-state index is 0. The first kappa shape index (κ1) is 21.1. The van der Waals surface area contributed by atoms with Crippen LogP contribution in [-0.4, -0.2) is 41.9 Å². The lowest BCUT2D eigenvalue weighted by atomic mass is 10.1. The molecular weight excluding hydrogens is 421 g/mol. The summed E-state index contributed by atoms with van der Waals surface area (Å²) in [4.78, 5) is 8.59. The molecule has 0 spiro atoms. The largest absolute Gasteiger partial charge is 0.376 e. The lowest BCUT2D eigenvalue weighted by Gasteiger charge is -2.16. The number of nitrogens with one attached hydrogen (secondary N) is 2. The average Bonchev–Trinajstić information content (AvgIpc) is 2.80. The Kier molecular flexibility index (Phi) is 11.0. The van der Waals surface area contributed by atoms with Crippen molar-refractivity contribution in [2.75, 3.05) is 19.7 Å². The molecule has 0 radical (unpaired) electrons. The Balaban J connectivity index is 0.00000288. The fourth-order valence-electron chi connectivity index (χ4n) is 2.70. The molecule has 0 amide bonds. The van der Waals surface area contributed by atoms with Crippen LogP contribution in [0.2, 0.25) is 0 Å². The molecule has 138 valence electrons. The number of hydrogen-bond acceptors (Lipinski definition) is 5. The topological polar surface area (TPSA) is 84.6 Å². The Morgan fingerprint density at radius 3 is 2.62 bits per heavy atom. The molecule has 0 saturated heterocycles. The third kappa shape index (κ3) is 8.27. The van der Waals surface area contributed by atoms with Crippen LogP contribution >= 0.6 is 24.0 Å². The van der Waals surface area contributed by atoms with Crippen LogP contribution in [0.1, 0.15) is 57.2 Å². The van der Waals surface area contributed by atoms with Gasteiger partial charge in [0, 0.05) is 20.0 Å². The van der Waals surface area contributed by atoms with Crippen LogP contribution in [0, 0.1) is 6.92 Å². The third-order valence-corrected chi connectivity index (χ3v) is 3.84. The van der Waals surface area contributed by atoms with Crippen LogP contribution in [-0.2, 0) is 11.3 Å². The highest BCUT2D eigenvalue weighted by atomic mass is 127. The van der Waals surface area contributed by atoms with Crippen LogP contribution in [0.3, 0.4) is 0 Å². The first-order valence-corrected chi connectivity index (χ1v) is 8.71. The molecule has 1 aromatic heterocycles. The van der Waals surface area contributed by atoms with Crippen molar-refractivity contribution in [2.45, 2.75) is 65.0 Å². The van der Waals surface area contributed by atoms with Crippen molar-refractivity contribution in [3.63, 3.8) is 0 Å². The predicted octanol–water partition coefficient (Wildman–Crippen LogP) is 2.79. The molecule has 1 aliphatic rings. The number of rotatable bonds is 7. The van der Waals surface area contributed by atoms with Gasteiger partial charge in [-0.05, 0) is 19.8 Å². The molecular formula is C16H30IN5O2. The molecule has 0 atom stereocenters. The quantitative estimate of drug-likeness (QED) is 0.218. The normalized spacial score (nSPS) is 16.3. The van der Waals surface area contributed by atoms with Gasteiger partial charge in [0.15, 0.2) is 11.8 Å². The van der Waals surface area contributed by atoms with Gasteiger partial charge in [-0.3, -0.25) is 0 Å². The minimum Gasteiger partial charge on any atom is -0.376 e. The summed E-state index contributed by atoms with van der Waals surface area (Å²) < 4.78 is 10.9. The molecule has 0 unspecified atom stereocenters. The van der Waals surface area contributed by atoms with E-state index >= 15 is 0 Å². The van der Waals surface area contributed by atoms with E-state index in [0.717, 1.165) is 19.0 Å². The van der Waals surface area contributed by atoms with E-state index in [1.165, 1.54) is 38.5 Å². The Hall–Kier alpha value is -0.900. The van der Waals surface area contributed by atoms with Crippen molar-refractivity contribution >= 4 is 29.9 Å². The summed E-state index contributed by atoms with van der Waals surface area (Å²) in [7, 11) is 0. The fraction of sp³-hybridized carbons (Fsp3) is 0.812. The first-order valence-electron chi connectivity index (χ1n) is 8.71. The second-order valence-corrected chi connectivity index (χ2v) is 5.84. The highest BCUT2D eigenvalue weighted by molar-refractivity contribution is 14.0. The summed E-state index contributed by atoms with van der Waals surface area (Å²) in [6.45, 7) is 6.47. The van der Waals surface area contributed by atoms with Gasteiger partial charge in [-0.25, -0.2) is 4.99 Å². The zero-order chi connectivity index (χ0) is 16.3. The van der Waals surface area contributed by atoms with Gasteiger partial charge in [0.05, 0.1) is 12.7 Å². The molecule has 7 nitrogen and oxygen atoms in total. The van der Waals surface area contributed by atoms with E-state index in [2.05, 4.69) is 25.8 Å². The van der Waals surface area contributed by atoms with E-state index in [1.807, 2.05) is 6.92 Å². The maximum absolute atomic E-state index is 5.97. The molecule has 0 aliphatic heterocycles. The van der Waals surface area contributed by atoms with Gasteiger partial charge in [-0.1, -0.05) is 30.8 Å². The van der Waals surface area contributed by atoms with Crippen molar-refractivity contribution in [3.05, 3.63) is 11.7 Å².